The monoisotopic (exact) mass is 248 g/mol. The van der Waals surface area contributed by atoms with E-state index in [1.54, 1.807) is 0 Å². The maximum Gasteiger partial charge on any atom is 0.225 e. The number of hydrogen-bond acceptors (Lipinski definition) is 4. The zero-order chi connectivity index (χ0) is 12.8. The number of anilines is 1. The normalized spacial score (nSPS) is 15.4. The van der Waals surface area contributed by atoms with Crippen LogP contribution in [-0.2, 0) is 6.54 Å². The Labute approximate surface area is 110 Å². The van der Waals surface area contributed by atoms with E-state index >= 15 is 0 Å². The molecule has 0 unspecified atom stereocenters. The van der Waals surface area contributed by atoms with Gasteiger partial charge in [0, 0.05) is 37.6 Å². The Bertz CT molecular complexity index is 345. The van der Waals surface area contributed by atoms with E-state index in [0.29, 0.717) is 0 Å². The standard InChI is InChI=1S/C14H24N4/c1-3-15-8-13-9-16-14(17-10-13)18(4-2)11-12-6-5-7-12/h9-10,12,15H,3-8,11H2,1-2H3. The highest BCUT2D eigenvalue weighted by atomic mass is 15.2. The molecule has 1 heterocycles. The van der Waals surface area contributed by atoms with Crippen molar-refractivity contribution in [1.82, 2.24) is 15.3 Å². The van der Waals surface area contributed by atoms with Gasteiger partial charge in [0.2, 0.25) is 5.95 Å². The van der Waals surface area contributed by atoms with Crippen LogP contribution in [0.1, 0.15) is 38.7 Å². The van der Waals surface area contributed by atoms with Crippen LogP contribution in [0.5, 0.6) is 0 Å². The van der Waals surface area contributed by atoms with Crippen molar-refractivity contribution >= 4 is 5.95 Å². The maximum absolute atomic E-state index is 4.49. The first-order valence-electron chi connectivity index (χ1n) is 7.10. The molecule has 0 amide bonds. The van der Waals surface area contributed by atoms with Gasteiger partial charge in [0.25, 0.3) is 0 Å². The summed E-state index contributed by atoms with van der Waals surface area (Å²) >= 11 is 0. The number of rotatable bonds is 7. The van der Waals surface area contributed by atoms with Gasteiger partial charge in [-0.1, -0.05) is 13.3 Å². The number of hydrogen-bond donors (Lipinski definition) is 1. The highest BCUT2D eigenvalue weighted by Gasteiger charge is 2.21. The summed E-state index contributed by atoms with van der Waals surface area (Å²) < 4.78 is 0. The molecule has 0 aliphatic heterocycles. The lowest BCUT2D eigenvalue weighted by Crippen LogP contribution is -2.33. The first kappa shape index (κ1) is 13.3. The minimum absolute atomic E-state index is 0.853. The fraction of sp³-hybridized carbons (Fsp3) is 0.714. The third-order valence-corrected chi connectivity index (χ3v) is 3.64. The van der Waals surface area contributed by atoms with E-state index in [-0.39, 0.29) is 0 Å². The van der Waals surface area contributed by atoms with Gasteiger partial charge in [0.15, 0.2) is 0 Å². The number of nitrogens with one attached hydrogen (secondary N) is 1. The summed E-state index contributed by atoms with van der Waals surface area (Å²) in [6, 6.07) is 0. The van der Waals surface area contributed by atoms with Crippen LogP contribution in [0.25, 0.3) is 0 Å². The molecule has 0 aromatic carbocycles. The predicted octanol–water partition coefficient (Wildman–Crippen LogP) is 2.21. The first-order valence-corrected chi connectivity index (χ1v) is 7.10. The van der Waals surface area contributed by atoms with Gasteiger partial charge in [0.1, 0.15) is 0 Å². The van der Waals surface area contributed by atoms with E-state index in [9.17, 15) is 0 Å². The maximum atomic E-state index is 4.49. The molecule has 4 heteroatoms. The van der Waals surface area contributed by atoms with Crippen molar-refractivity contribution < 1.29 is 0 Å². The molecule has 4 nitrogen and oxygen atoms in total. The van der Waals surface area contributed by atoms with Crippen LogP contribution in [0.2, 0.25) is 0 Å². The van der Waals surface area contributed by atoms with Gasteiger partial charge in [-0.3, -0.25) is 0 Å². The van der Waals surface area contributed by atoms with Gasteiger partial charge in [-0.25, -0.2) is 9.97 Å². The van der Waals surface area contributed by atoms with E-state index in [4.69, 9.17) is 0 Å². The predicted molar refractivity (Wildman–Crippen MR) is 74.6 cm³/mol. The van der Waals surface area contributed by atoms with Crippen LogP contribution in [0, 0.1) is 5.92 Å². The average Bonchev–Trinajstić information content (AvgIpc) is 2.36. The van der Waals surface area contributed by atoms with Gasteiger partial charge in [0.05, 0.1) is 0 Å². The van der Waals surface area contributed by atoms with Crippen molar-refractivity contribution in [3.8, 4) is 0 Å². The second-order valence-electron chi connectivity index (χ2n) is 5.01. The second-order valence-corrected chi connectivity index (χ2v) is 5.01. The summed E-state index contributed by atoms with van der Waals surface area (Å²) in [6.45, 7) is 8.21. The smallest absolute Gasteiger partial charge is 0.225 e. The molecule has 0 spiro atoms. The minimum Gasteiger partial charge on any atom is -0.341 e. The Kier molecular flexibility index (Phi) is 4.93. The molecular weight excluding hydrogens is 224 g/mol. The number of aromatic nitrogens is 2. The van der Waals surface area contributed by atoms with E-state index in [0.717, 1.165) is 43.6 Å². The lowest BCUT2D eigenvalue weighted by Gasteiger charge is -2.31. The fourth-order valence-corrected chi connectivity index (χ4v) is 2.21. The third kappa shape index (κ3) is 3.42. The molecule has 2 rings (SSSR count). The Morgan fingerprint density at radius 3 is 2.50 bits per heavy atom. The largest absolute Gasteiger partial charge is 0.341 e. The molecule has 1 aliphatic carbocycles. The lowest BCUT2D eigenvalue weighted by molar-refractivity contribution is 0.317. The Hall–Kier alpha value is -1.16. The second kappa shape index (κ2) is 6.69. The topological polar surface area (TPSA) is 41.1 Å². The Morgan fingerprint density at radius 1 is 1.28 bits per heavy atom. The molecule has 18 heavy (non-hydrogen) atoms. The Balaban J connectivity index is 1.92. The molecule has 0 radical (unpaired) electrons. The molecule has 1 saturated carbocycles. The number of nitrogens with zero attached hydrogens (tertiary/aromatic N) is 3. The first-order chi connectivity index (χ1) is 8.83. The molecule has 1 fully saturated rings. The quantitative estimate of drug-likeness (QED) is 0.803. The zero-order valence-electron chi connectivity index (χ0n) is 11.5. The van der Waals surface area contributed by atoms with Crippen molar-refractivity contribution in [2.24, 2.45) is 5.92 Å². The van der Waals surface area contributed by atoms with Crippen molar-refractivity contribution in [2.75, 3.05) is 24.5 Å². The van der Waals surface area contributed by atoms with E-state index in [1.165, 1.54) is 19.3 Å². The molecule has 1 N–H and O–H groups in total. The molecular formula is C14H24N4. The van der Waals surface area contributed by atoms with Crippen LogP contribution in [0.3, 0.4) is 0 Å². The fourth-order valence-electron chi connectivity index (χ4n) is 2.21. The third-order valence-electron chi connectivity index (χ3n) is 3.64. The van der Waals surface area contributed by atoms with Gasteiger partial charge in [-0.15, -0.1) is 0 Å². The van der Waals surface area contributed by atoms with Crippen molar-refractivity contribution in [1.29, 1.82) is 0 Å². The Morgan fingerprint density at radius 2 is 2.00 bits per heavy atom. The summed E-state index contributed by atoms with van der Waals surface area (Å²) in [4.78, 5) is 11.3. The van der Waals surface area contributed by atoms with Gasteiger partial charge >= 0.3 is 0 Å². The summed E-state index contributed by atoms with van der Waals surface area (Å²) in [5, 5.41) is 3.28. The van der Waals surface area contributed by atoms with Gasteiger partial charge in [-0.05, 0) is 32.2 Å². The molecule has 0 bridgehead atoms. The van der Waals surface area contributed by atoms with Crippen molar-refractivity contribution in [2.45, 2.75) is 39.7 Å². The van der Waals surface area contributed by atoms with E-state index in [2.05, 4.69) is 34.0 Å². The molecule has 1 aromatic heterocycles. The minimum atomic E-state index is 0.853. The van der Waals surface area contributed by atoms with Crippen LogP contribution in [-0.4, -0.2) is 29.6 Å². The molecule has 0 atom stereocenters. The van der Waals surface area contributed by atoms with Gasteiger partial charge in [-0.2, -0.15) is 0 Å². The SMILES string of the molecule is CCNCc1cnc(N(CC)CC2CCC2)nc1. The van der Waals surface area contributed by atoms with Crippen LogP contribution in [0.4, 0.5) is 5.95 Å². The average molecular weight is 248 g/mol. The molecule has 1 aromatic rings. The van der Waals surface area contributed by atoms with Crippen LogP contribution in [0.15, 0.2) is 12.4 Å². The zero-order valence-corrected chi connectivity index (χ0v) is 11.5. The lowest BCUT2D eigenvalue weighted by atomic mass is 9.85. The highest BCUT2D eigenvalue weighted by molar-refractivity contribution is 5.29. The molecule has 100 valence electrons. The van der Waals surface area contributed by atoms with Crippen molar-refractivity contribution in [3.05, 3.63) is 18.0 Å². The van der Waals surface area contributed by atoms with Gasteiger partial charge < -0.3 is 10.2 Å². The van der Waals surface area contributed by atoms with E-state index < -0.39 is 0 Å². The highest BCUT2D eigenvalue weighted by Crippen LogP contribution is 2.27. The summed E-state index contributed by atoms with van der Waals surface area (Å²) in [7, 11) is 0. The summed E-state index contributed by atoms with van der Waals surface area (Å²) in [5.41, 5.74) is 1.15. The summed E-state index contributed by atoms with van der Waals surface area (Å²) in [6.07, 6.45) is 8.01. The van der Waals surface area contributed by atoms with Crippen LogP contribution >= 0.6 is 0 Å². The summed E-state index contributed by atoms with van der Waals surface area (Å²) in [5.74, 6) is 1.74. The van der Waals surface area contributed by atoms with Crippen molar-refractivity contribution in [3.63, 3.8) is 0 Å². The van der Waals surface area contributed by atoms with E-state index in [1.807, 2.05) is 12.4 Å². The molecule has 0 saturated heterocycles. The molecule has 1 aliphatic rings. The van der Waals surface area contributed by atoms with Crippen LogP contribution < -0.4 is 10.2 Å².